The third-order valence-corrected chi connectivity index (χ3v) is 2.53. The summed E-state index contributed by atoms with van der Waals surface area (Å²) in [6.07, 6.45) is 1.82. The van der Waals surface area contributed by atoms with E-state index in [-0.39, 0.29) is 11.4 Å². The van der Waals surface area contributed by atoms with E-state index in [0.717, 1.165) is 0 Å². The summed E-state index contributed by atoms with van der Waals surface area (Å²) in [7, 11) is 0. The number of nitrogens with one attached hydrogen (secondary N) is 1. The molecular weight excluding hydrogens is 243 g/mol. The van der Waals surface area contributed by atoms with Crippen molar-refractivity contribution in [2.24, 2.45) is 5.84 Å². The smallest absolute Gasteiger partial charge is 0.145 e. The number of hydrogen-bond donors (Lipinski definition) is 2. The molecule has 0 aliphatic heterocycles. The zero-order valence-electron chi connectivity index (χ0n) is 8.82. The first-order valence-electron chi connectivity index (χ1n) is 4.92. The third kappa shape index (κ3) is 2.69. The number of halogens is 2. The standard InChI is InChI=1S/C11H10ClFN4/c12-8-3-1-2-7(11(8)13)6-10-15-5-4-9(16-10)17-14/h1-5H,6,14H2,(H,15,16,17). The van der Waals surface area contributed by atoms with Crippen molar-refractivity contribution in [3.63, 3.8) is 0 Å². The first-order valence-corrected chi connectivity index (χ1v) is 5.30. The van der Waals surface area contributed by atoms with Crippen molar-refractivity contribution in [3.05, 3.63) is 52.7 Å². The van der Waals surface area contributed by atoms with Gasteiger partial charge in [0.05, 0.1) is 5.02 Å². The van der Waals surface area contributed by atoms with Crippen LogP contribution in [0.15, 0.2) is 30.5 Å². The number of nitrogens with zero attached hydrogens (tertiary/aromatic N) is 2. The zero-order valence-corrected chi connectivity index (χ0v) is 9.58. The molecule has 0 saturated carbocycles. The monoisotopic (exact) mass is 252 g/mol. The SMILES string of the molecule is NNc1ccnc(Cc2cccc(Cl)c2F)n1. The summed E-state index contributed by atoms with van der Waals surface area (Å²) in [6.45, 7) is 0. The van der Waals surface area contributed by atoms with Crippen molar-refractivity contribution in [2.45, 2.75) is 6.42 Å². The molecule has 0 atom stereocenters. The van der Waals surface area contributed by atoms with Gasteiger partial charge in [0.1, 0.15) is 17.5 Å². The zero-order chi connectivity index (χ0) is 12.3. The highest BCUT2D eigenvalue weighted by Crippen LogP contribution is 2.19. The van der Waals surface area contributed by atoms with Gasteiger partial charge in [-0.25, -0.2) is 20.2 Å². The number of benzene rings is 1. The summed E-state index contributed by atoms with van der Waals surface area (Å²) in [5.41, 5.74) is 2.86. The molecule has 1 aromatic heterocycles. The maximum absolute atomic E-state index is 13.6. The highest BCUT2D eigenvalue weighted by Gasteiger charge is 2.08. The van der Waals surface area contributed by atoms with Crippen molar-refractivity contribution in [3.8, 4) is 0 Å². The maximum atomic E-state index is 13.6. The van der Waals surface area contributed by atoms with Crippen LogP contribution in [0, 0.1) is 5.82 Å². The van der Waals surface area contributed by atoms with Gasteiger partial charge < -0.3 is 5.43 Å². The summed E-state index contributed by atoms with van der Waals surface area (Å²) < 4.78 is 13.6. The van der Waals surface area contributed by atoms with Gasteiger partial charge in [-0.2, -0.15) is 0 Å². The second-order valence-corrected chi connectivity index (χ2v) is 3.80. The molecule has 0 aliphatic carbocycles. The Labute approximate surface area is 103 Å². The van der Waals surface area contributed by atoms with Crippen LogP contribution in [0.5, 0.6) is 0 Å². The largest absolute Gasteiger partial charge is 0.308 e. The number of rotatable bonds is 3. The van der Waals surface area contributed by atoms with E-state index in [9.17, 15) is 4.39 Å². The Morgan fingerprint density at radius 1 is 1.35 bits per heavy atom. The van der Waals surface area contributed by atoms with Crippen LogP contribution in [0.1, 0.15) is 11.4 Å². The lowest BCUT2D eigenvalue weighted by Gasteiger charge is -2.05. The Bertz CT molecular complexity index is 533. The topological polar surface area (TPSA) is 63.8 Å². The first-order chi connectivity index (χ1) is 8.20. The Morgan fingerprint density at radius 2 is 2.18 bits per heavy atom. The van der Waals surface area contributed by atoms with Gasteiger partial charge in [-0.05, 0) is 11.6 Å². The van der Waals surface area contributed by atoms with Crippen LogP contribution in [-0.2, 0) is 6.42 Å². The van der Waals surface area contributed by atoms with Crippen molar-refractivity contribution in [1.82, 2.24) is 9.97 Å². The molecule has 1 heterocycles. The van der Waals surface area contributed by atoms with E-state index in [1.807, 2.05) is 0 Å². The predicted octanol–water partition coefficient (Wildman–Crippen LogP) is 2.15. The summed E-state index contributed by atoms with van der Waals surface area (Å²) >= 11 is 5.69. The molecule has 1 aromatic carbocycles. The molecule has 0 radical (unpaired) electrons. The minimum absolute atomic E-state index is 0.0932. The number of hydrogen-bond acceptors (Lipinski definition) is 4. The minimum Gasteiger partial charge on any atom is -0.308 e. The number of anilines is 1. The average molecular weight is 253 g/mol. The van der Waals surface area contributed by atoms with E-state index in [1.54, 1.807) is 24.4 Å². The highest BCUT2D eigenvalue weighted by molar-refractivity contribution is 6.30. The molecule has 88 valence electrons. The fourth-order valence-electron chi connectivity index (χ4n) is 1.42. The van der Waals surface area contributed by atoms with E-state index < -0.39 is 5.82 Å². The van der Waals surface area contributed by atoms with Crippen LogP contribution in [0.25, 0.3) is 0 Å². The molecule has 0 amide bonds. The average Bonchev–Trinajstić information content (AvgIpc) is 2.35. The summed E-state index contributed by atoms with van der Waals surface area (Å²) in [5, 5.41) is 0.0932. The van der Waals surface area contributed by atoms with Crippen LogP contribution in [-0.4, -0.2) is 9.97 Å². The minimum atomic E-state index is -0.441. The van der Waals surface area contributed by atoms with Crippen LogP contribution in [0.2, 0.25) is 5.02 Å². The van der Waals surface area contributed by atoms with Crippen LogP contribution in [0.4, 0.5) is 10.2 Å². The van der Waals surface area contributed by atoms with Crippen molar-refractivity contribution >= 4 is 17.4 Å². The van der Waals surface area contributed by atoms with Gasteiger partial charge in [0.25, 0.3) is 0 Å². The van der Waals surface area contributed by atoms with Gasteiger partial charge in [0.2, 0.25) is 0 Å². The molecule has 2 aromatic rings. The van der Waals surface area contributed by atoms with Gasteiger partial charge in [0.15, 0.2) is 0 Å². The lowest BCUT2D eigenvalue weighted by atomic mass is 10.1. The molecule has 6 heteroatoms. The molecule has 0 fully saturated rings. The van der Waals surface area contributed by atoms with E-state index in [2.05, 4.69) is 15.4 Å². The van der Waals surface area contributed by atoms with Gasteiger partial charge >= 0.3 is 0 Å². The number of hydrazine groups is 1. The molecule has 2 rings (SSSR count). The normalized spacial score (nSPS) is 10.3. The van der Waals surface area contributed by atoms with Gasteiger partial charge in [0, 0.05) is 18.7 Å². The van der Waals surface area contributed by atoms with Crippen LogP contribution >= 0.6 is 11.6 Å². The predicted molar refractivity (Wildman–Crippen MR) is 64.1 cm³/mol. The van der Waals surface area contributed by atoms with Gasteiger partial charge in [-0.15, -0.1) is 0 Å². The van der Waals surface area contributed by atoms with E-state index in [1.165, 1.54) is 6.07 Å². The van der Waals surface area contributed by atoms with E-state index in [4.69, 9.17) is 17.4 Å². The first kappa shape index (κ1) is 11.8. The second kappa shape index (κ2) is 5.07. The quantitative estimate of drug-likeness (QED) is 0.649. The van der Waals surface area contributed by atoms with Crippen LogP contribution < -0.4 is 11.3 Å². The molecule has 3 N–H and O–H groups in total. The Kier molecular flexibility index (Phi) is 3.51. The fourth-order valence-corrected chi connectivity index (χ4v) is 1.61. The van der Waals surface area contributed by atoms with Crippen LogP contribution in [0.3, 0.4) is 0 Å². The summed E-state index contributed by atoms with van der Waals surface area (Å²) in [4.78, 5) is 8.14. The number of nitrogen functional groups attached to an aromatic ring is 1. The Morgan fingerprint density at radius 3 is 2.94 bits per heavy atom. The fraction of sp³-hybridized carbons (Fsp3) is 0.0909. The summed E-state index contributed by atoms with van der Waals surface area (Å²) in [5.74, 6) is 5.75. The maximum Gasteiger partial charge on any atom is 0.145 e. The Hall–Kier alpha value is -1.72. The van der Waals surface area contributed by atoms with Crippen molar-refractivity contribution in [2.75, 3.05) is 5.43 Å². The van der Waals surface area contributed by atoms with Gasteiger partial charge in [-0.1, -0.05) is 23.7 Å². The third-order valence-electron chi connectivity index (χ3n) is 2.23. The van der Waals surface area contributed by atoms with E-state index in [0.29, 0.717) is 17.2 Å². The second-order valence-electron chi connectivity index (χ2n) is 3.39. The lowest BCUT2D eigenvalue weighted by Crippen LogP contribution is -2.10. The van der Waals surface area contributed by atoms with Gasteiger partial charge in [-0.3, -0.25) is 0 Å². The van der Waals surface area contributed by atoms with Crippen molar-refractivity contribution in [1.29, 1.82) is 0 Å². The number of aromatic nitrogens is 2. The molecule has 4 nitrogen and oxygen atoms in total. The van der Waals surface area contributed by atoms with Crippen molar-refractivity contribution < 1.29 is 4.39 Å². The number of nitrogens with two attached hydrogens (primary N) is 1. The molecule has 0 spiro atoms. The summed E-state index contributed by atoms with van der Waals surface area (Å²) in [6, 6.07) is 6.45. The highest BCUT2D eigenvalue weighted by atomic mass is 35.5. The molecule has 0 aliphatic rings. The molecule has 17 heavy (non-hydrogen) atoms. The molecular formula is C11H10ClFN4. The molecule has 0 bridgehead atoms. The Balaban J connectivity index is 2.28. The molecule has 0 unspecified atom stereocenters. The van der Waals surface area contributed by atoms with E-state index >= 15 is 0 Å². The lowest BCUT2D eigenvalue weighted by molar-refractivity contribution is 0.612. The molecule has 0 saturated heterocycles.